The van der Waals surface area contributed by atoms with Crippen LogP contribution >= 0.6 is 27.5 Å². The molecule has 1 heterocycles. The average molecular weight is 349 g/mol. The van der Waals surface area contributed by atoms with Crippen LogP contribution in [0.25, 0.3) is 10.9 Å². The van der Waals surface area contributed by atoms with Crippen LogP contribution in [0, 0.1) is 0 Å². The van der Waals surface area contributed by atoms with Crippen LogP contribution in [-0.4, -0.2) is 17.0 Å². The molecule has 0 bridgehead atoms. The van der Waals surface area contributed by atoms with E-state index < -0.39 is 0 Å². The van der Waals surface area contributed by atoms with Gasteiger partial charge in [0.15, 0.2) is 0 Å². The molecule has 20 heavy (non-hydrogen) atoms. The molecule has 0 aliphatic carbocycles. The molecule has 3 rings (SSSR count). The third-order valence-electron chi connectivity index (χ3n) is 3.07. The van der Waals surface area contributed by atoms with Crippen molar-refractivity contribution in [1.29, 1.82) is 0 Å². The topological polar surface area (TPSA) is 29.0 Å². The zero-order valence-corrected chi connectivity index (χ0v) is 13.1. The Balaban J connectivity index is 2.22. The molecule has 0 aliphatic heterocycles. The highest BCUT2D eigenvalue weighted by Gasteiger charge is 2.12. The maximum Gasteiger partial charge on any atom is 0.224 e. The standard InChI is InChI=1S/C15H11BrClN3/c1-20(11-5-3-2-4-6-11)14-12-9-10(16)7-8-13(12)18-15(17)19-14/h2-9H,1H3. The summed E-state index contributed by atoms with van der Waals surface area (Å²) in [6, 6.07) is 15.9. The average Bonchev–Trinajstić information content (AvgIpc) is 2.47. The summed E-state index contributed by atoms with van der Waals surface area (Å²) in [7, 11) is 1.97. The summed E-state index contributed by atoms with van der Waals surface area (Å²) in [5.41, 5.74) is 1.87. The van der Waals surface area contributed by atoms with Gasteiger partial charge in [-0.3, -0.25) is 0 Å². The Morgan fingerprint density at radius 3 is 2.55 bits per heavy atom. The minimum absolute atomic E-state index is 0.248. The molecule has 0 spiro atoms. The van der Waals surface area contributed by atoms with Crippen LogP contribution in [0.1, 0.15) is 0 Å². The minimum atomic E-state index is 0.248. The van der Waals surface area contributed by atoms with Gasteiger partial charge < -0.3 is 4.90 Å². The van der Waals surface area contributed by atoms with Crippen LogP contribution in [-0.2, 0) is 0 Å². The molecule has 0 saturated carbocycles. The molecule has 1 aromatic heterocycles. The second-order valence-corrected chi connectivity index (χ2v) is 5.63. The van der Waals surface area contributed by atoms with Crippen molar-refractivity contribution in [2.45, 2.75) is 0 Å². The van der Waals surface area contributed by atoms with Crippen molar-refractivity contribution in [3.8, 4) is 0 Å². The highest BCUT2D eigenvalue weighted by atomic mass is 79.9. The van der Waals surface area contributed by atoms with E-state index in [0.29, 0.717) is 0 Å². The maximum absolute atomic E-state index is 6.03. The number of fused-ring (bicyclic) bond motifs is 1. The van der Waals surface area contributed by atoms with Gasteiger partial charge in [0.25, 0.3) is 0 Å². The van der Waals surface area contributed by atoms with Gasteiger partial charge in [0.1, 0.15) is 5.82 Å². The van der Waals surface area contributed by atoms with Crippen molar-refractivity contribution in [1.82, 2.24) is 9.97 Å². The lowest BCUT2D eigenvalue weighted by molar-refractivity contribution is 1.11. The number of benzene rings is 2. The largest absolute Gasteiger partial charge is 0.329 e. The van der Waals surface area contributed by atoms with E-state index in [9.17, 15) is 0 Å². The van der Waals surface area contributed by atoms with Crippen molar-refractivity contribution < 1.29 is 0 Å². The maximum atomic E-state index is 6.03. The summed E-state index contributed by atoms with van der Waals surface area (Å²) in [5.74, 6) is 0.785. The third kappa shape index (κ3) is 2.49. The van der Waals surface area contributed by atoms with Gasteiger partial charge in [0, 0.05) is 22.6 Å². The van der Waals surface area contributed by atoms with E-state index in [-0.39, 0.29) is 5.28 Å². The molecule has 0 saturated heterocycles. The van der Waals surface area contributed by atoms with Gasteiger partial charge >= 0.3 is 0 Å². The van der Waals surface area contributed by atoms with Gasteiger partial charge in [-0.05, 0) is 41.9 Å². The van der Waals surface area contributed by atoms with Crippen molar-refractivity contribution in [3.05, 3.63) is 58.3 Å². The Kier molecular flexibility index (Phi) is 3.59. The lowest BCUT2D eigenvalue weighted by Gasteiger charge is -2.20. The summed E-state index contributed by atoms with van der Waals surface area (Å²) >= 11 is 9.52. The third-order valence-corrected chi connectivity index (χ3v) is 3.73. The van der Waals surface area contributed by atoms with E-state index in [4.69, 9.17) is 11.6 Å². The monoisotopic (exact) mass is 347 g/mol. The number of hydrogen-bond donors (Lipinski definition) is 0. The fourth-order valence-electron chi connectivity index (χ4n) is 2.09. The van der Waals surface area contributed by atoms with Crippen molar-refractivity contribution in [2.24, 2.45) is 0 Å². The summed E-state index contributed by atoms with van der Waals surface area (Å²) in [6.45, 7) is 0. The zero-order valence-electron chi connectivity index (χ0n) is 10.7. The smallest absolute Gasteiger partial charge is 0.224 e. The van der Waals surface area contributed by atoms with E-state index in [1.165, 1.54) is 0 Å². The summed E-state index contributed by atoms with van der Waals surface area (Å²) in [5, 5.41) is 1.20. The molecule has 0 fully saturated rings. The minimum Gasteiger partial charge on any atom is -0.329 e. The summed E-state index contributed by atoms with van der Waals surface area (Å²) < 4.78 is 0.985. The molecule has 0 N–H and O–H groups in total. The van der Waals surface area contributed by atoms with Crippen LogP contribution < -0.4 is 4.90 Å². The lowest BCUT2D eigenvalue weighted by atomic mass is 10.2. The first kappa shape index (κ1) is 13.3. The number of rotatable bonds is 2. The van der Waals surface area contributed by atoms with Crippen molar-refractivity contribution in [3.63, 3.8) is 0 Å². The van der Waals surface area contributed by atoms with Gasteiger partial charge in [-0.1, -0.05) is 34.1 Å². The predicted molar refractivity (Wildman–Crippen MR) is 86.8 cm³/mol. The SMILES string of the molecule is CN(c1ccccc1)c1nc(Cl)nc2ccc(Br)cc12. The van der Waals surface area contributed by atoms with Crippen molar-refractivity contribution in [2.75, 3.05) is 11.9 Å². The number of aromatic nitrogens is 2. The molecular weight excluding hydrogens is 338 g/mol. The number of para-hydroxylation sites is 1. The van der Waals surface area contributed by atoms with Gasteiger partial charge in [-0.2, -0.15) is 4.98 Å². The highest BCUT2D eigenvalue weighted by Crippen LogP contribution is 2.31. The van der Waals surface area contributed by atoms with E-state index in [0.717, 1.165) is 26.9 Å². The van der Waals surface area contributed by atoms with E-state index >= 15 is 0 Å². The van der Waals surface area contributed by atoms with Crippen LogP contribution in [0.3, 0.4) is 0 Å². The first-order chi connectivity index (χ1) is 9.65. The normalized spacial score (nSPS) is 10.8. The van der Waals surface area contributed by atoms with Crippen LogP contribution in [0.4, 0.5) is 11.5 Å². The number of nitrogens with zero attached hydrogens (tertiary/aromatic N) is 3. The number of anilines is 2. The molecule has 0 unspecified atom stereocenters. The lowest BCUT2D eigenvalue weighted by Crippen LogP contribution is -2.12. The van der Waals surface area contributed by atoms with E-state index in [1.807, 2.05) is 60.5 Å². The Morgan fingerprint density at radius 1 is 1.05 bits per heavy atom. The molecule has 0 atom stereocenters. The van der Waals surface area contributed by atoms with E-state index in [1.54, 1.807) is 0 Å². The first-order valence-corrected chi connectivity index (χ1v) is 7.24. The summed E-state index contributed by atoms with van der Waals surface area (Å²) in [4.78, 5) is 10.6. The molecule has 0 aliphatic rings. The molecule has 0 amide bonds. The van der Waals surface area contributed by atoms with Gasteiger partial charge in [0.2, 0.25) is 5.28 Å². The Bertz CT molecular complexity index is 762. The second kappa shape index (κ2) is 5.38. The molecule has 5 heteroatoms. The highest BCUT2D eigenvalue weighted by molar-refractivity contribution is 9.10. The van der Waals surface area contributed by atoms with Gasteiger partial charge in [-0.15, -0.1) is 0 Å². The Labute approximate surface area is 130 Å². The molecule has 3 aromatic rings. The fraction of sp³-hybridized carbons (Fsp3) is 0.0667. The molecule has 100 valence electrons. The van der Waals surface area contributed by atoms with Crippen LogP contribution in [0.2, 0.25) is 5.28 Å². The molecule has 2 aromatic carbocycles. The fourth-order valence-corrected chi connectivity index (χ4v) is 2.62. The Morgan fingerprint density at radius 2 is 1.80 bits per heavy atom. The van der Waals surface area contributed by atoms with Gasteiger partial charge in [0.05, 0.1) is 5.52 Å². The number of hydrogen-bond acceptors (Lipinski definition) is 3. The van der Waals surface area contributed by atoms with Crippen molar-refractivity contribution >= 4 is 49.9 Å². The summed E-state index contributed by atoms with van der Waals surface area (Å²) in [6.07, 6.45) is 0. The van der Waals surface area contributed by atoms with Crippen LogP contribution in [0.5, 0.6) is 0 Å². The predicted octanol–water partition coefficient (Wildman–Crippen LogP) is 4.81. The van der Waals surface area contributed by atoms with E-state index in [2.05, 4.69) is 25.9 Å². The quantitative estimate of drug-likeness (QED) is 0.622. The second-order valence-electron chi connectivity index (χ2n) is 4.37. The zero-order chi connectivity index (χ0) is 14.1. The van der Waals surface area contributed by atoms with Crippen LogP contribution in [0.15, 0.2) is 53.0 Å². The number of halogens is 2. The Hall–Kier alpha value is -1.65. The molecular formula is C15H11BrClN3. The molecule has 3 nitrogen and oxygen atoms in total. The first-order valence-electron chi connectivity index (χ1n) is 6.07. The van der Waals surface area contributed by atoms with Gasteiger partial charge in [-0.25, -0.2) is 4.98 Å². The molecule has 0 radical (unpaired) electrons.